The Hall–Kier alpha value is -2.54. The van der Waals surface area contributed by atoms with E-state index in [0.29, 0.717) is 5.65 Å². The lowest BCUT2D eigenvalue weighted by Gasteiger charge is -2.22. The second-order valence-electron chi connectivity index (χ2n) is 6.32. The van der Waals surface area contributed by atoms with Gasteiger partial charge in [-0.15, -0.1) is 14.8 Å². The van der Waals surface area contributed by atoms with Gasteiger partial charge in [0.25, 0.3) is 0 Å². The molecule has 0 bridgehead atoms. The Morgan fingerprint density at radius 1 is 0.958 bits per heavy atom. The molecule has 7 nitrogen and oxygen atoms in total. The minimum absolute atomic E-state index is 0.676. The third kappa shape index (κ3) is 3.21. The van der Waals surface area contributed by atoms with Crippen molar-refractivity contribution in [1.29, 1.82) is 0 Å². The lowest BCUT2D eigenvalue weighted by molar-refractivity contribution is 0.285. The van der Waals surface area contributed by atoms with Crippen LogP contribution < -0.4 is 4.90 Å². The number of aromatic nitrogens is 5. The number of nitrogens with zero attached hydrogens (tertiary/aromatic N) is 7. The highest BCUT2D eigenvalue weighted by atomic mass is 15.6. The molecule has 0 N–H and O–H groups in total. The monoisotopic (exact) mass is 323 g/mol. The molecule has 0 amide bonds. The maximum atomic E-state index is 4.51. The topological polar surface area (TPSA) is 62.5 Å². The van der Waals surface area contributed by atoms with Crippen LogP contribution in [0.5, 0.6) is 0 Å². The van der Waals surface area contributed by atoms with Crippen molar-refractivity contribution in [3.63, 3.8) is 0 Å². The van der Waals surface area contributed by atoms with Crippen molar-refractivity contribution in [3.05, 3.63) is 47.5 Å². The van der Waals surface area contributed by atoms with E-state index in [4.69, 9.17) is 0 Å². The first-order valence-corrected chi connectivity index (χ1v) is 8.36. The smallest absolute Gasteiger partial charge is 0.200 e. The average Bonchev–Trinajstić information content (AvgIpc) is 2.95. The van der Waals surface area contributed by atoms with Gasteiger partial charge >= 0.3 is 0 Å². The number of rotatable bonds is 3. The van der Waals surface area contributed by atoms with Gasteiger partial charge in [-0.05, 0) is 41.5 Å². The van der Waals surface area contributed by atoms with Crippen LogP contribution in [0, 0.1) is 6.92 Å². The summed E-state index contributed by atoms with van der Waals surface area (Å²) in [5, 5.41) is 15.9. The van der Waals surface area contributed by atoms with Crippen LogP contribution in [-0.4, -0.2) is 56.3 Å². The van der Waals surface area contributed by atoms with Gasteiger partial charge in [0.2, 0.25) is 0 Å². The Morgan fingerprint density at radius 3 is 2.71 bits per heavy atom. The van der Waals surface area contributed by atoms with Gasteiger partial charge < -0.3 is 4.90 Å². The van der Waals surface area contributed by atoms with E-state index >= 15 is 0 Å². The molecule has 1 fully saturated rings. The first-order chi connectivity index (χ1) is 11.8. The minimum Gasteiger partial charge on any atom is -0.354 e. The number of tetrazole rings is 1. The summed E-state index contributed by atoms with van der Waals surface area (Å²) in [6.07, 6.45) is 1.13. The van der Waals surface area contributed by atoms with Gasteiger partial charge in [-0.3, -0.25) is 4.90 Å². The maximum Gasteiger partial charge on any atom is 0.200 e. The van der Waals surface area contributed by atoms with Crippen molar-refractivity contribution in [2.45, 2.75) is 19.9 Å². The highest BCUT2D eigenvalue weighted by Gasteiger charge is 2.17. The third-order valence-electron chi connectivity index (χ3n) is 4.49. The molecule has 1 aromatic carbocycles. The van der Waals surface area contributed by atoms with Crippen molar-refractivity contribution < 1.29 is 0 Å². The van der Waals surface area contributed by atoms with Crippen LogP contribution in [0.2, 0.25) is 0 Å². The summed E-state index contributed by atoms with van der Waals surface area (Å²) in [5.74, 6) is 0.937. The summed E-state index contributed by atoms with van der Waals surface area (Å²) in [6.45, 7) is 7.24. The first-order valence-electron chi connectivity index (χ1n) is 8.36. The van der Waals surface area contributed by atoms with E-state index in [0.717, 1.165) is 45.0 Å². The van der Waals surface area contributed by atoms with Gasteiger partial charge in [-0.2, -0.15) is 0 Å². The second-order valence-corrected chi connectivity index (χ2v) is 6.32. The quantitative estimate of drug-likeness (QED) is 0.728. The van der Waals surface area contributed by atoms with E-state index < -0.39 is 0 Å². The van der Waals surface area contributed by atoms with Crippen molar-refractivity contribution in [3.8, 4) is 0 Å². The number of aryl methyl sites for hydroxylation is 1. The van der Waals surface area contributed by atoms with Crippen LogP contribution in [0.1, 0.15) is 17.5 Å². The Kier molecular flexibility index (Phi) is 4.08. The van der Waals surface area contributed by atoms with Gasteiger partial charge in [-0.25, -0.2) is 0 Å². The Balaban J connectivity index is 1.42. The van der Waals surface area contributed by atoms with Gasteiger partial charge in [0, 0.05) is 32.7 Å². The van der Waals surface area contributed by atoms with Crippen molar-refractivity contribution in [1.82, 2.24) is 30.2 Å². The number of anilines is 1. The third-order valence-corrected chi connectivity index (χ3v) is 4.49. The summed E-state index contributed by atoms with van der Waals surface area (Å²) in [5.41, 5.74) is 3.36. The summed E-state index contributed by atoms with van der Waals surface area (Å²) < 4.78 is 1.49. The summed E-state index contributed by atoms with van der Waals surface area (Å²) in [7, 11) is 0. The van der Waals surface area contributed by atoms with E-state index in [1.165, 1.54) is 15.8 Å². The summed E-state index contributed by atoms with van der Waals surface area (Å²) in [6, 6.07) is 12.7. The minimum atomic E-state index is 0.676. The Morgan fingerprint density at radius 2 is 1.83 bits per heavy atom. The Bertz CT molecular complexity index is 811. The molecular weight excluding hydrogens is 302 g/mol. The molecular formula is C17H21N7. The van der Waals surface area contributed by atoms with Gasteiger partial charge in [0.1, 0.15) is 0 Å². The fraction of sp³-hybridized carbons (Fsp3) is 0.412. The first kappa shape index (κ1) is 15.0. The van der Waals surface area contributed by atoms with Crippen LogP contribution in [0.4, 0.5) is 5.82 Å². The largest absolute Gasteiger partial charge is 0.354 e. The van der Waals surface area contributed by atoms with E-state index in [2.05, 4.69) is 61.6 Å². The zero-order valence-corrected chi connectivity index (χ0v) is 13.8. The molecule has 0 aliphatic carbocycles. The van der Waals surface area contributed by atoms with Gasteiger partial charge in [-0.1, -0.05) is 29.8 Å². The van der Waals surface area contributed by atoms with Crippen LogP contribution in [0.15, 0.2) is 36.4 Å². The van der Waals surface area contributed by atoms with Crippen LogP contribution in [0.25, 0.3) is 5.65 Å². The molecule has 2 aromatic heterocycles. The zero-order valence-electron chi connectivity index (χ0n) is 13.8. The predicted octanol–water partition coefficient (Wildman–Crippen LogP) is 1.54. The van der Waals surface area contributed by atoms with Crippen LogP contribution in [0.3, 0.4) is 0 Å². The molecule has 1 saturated heterocycles. The maximum absolute atomic E-state index is 4.51. The van der Waals surface area contributed by atoms with Crippen LogP contribution in [-0.2, 0) is 6.54 Å². The normalized spacial score (nSPS) is 16.5. The second kappa shape index (κ2) is 6.52. The van der Waals surface area contributed by atoms with Crippen molar-refractivity contribution >= 4 is 11.5 Å². The van der Waals surface area contributed by atoms with Crippen LogP contribution >= 0.6 is 0 Å². The standard InChI is InChI=1S/C17H21N7/c1-14-3-5-15(6-4-14)13-22-9-2-10-23(12-11-22)17-8-7-16-18-20-21-24(16)19-17/h3-8H,2,9-13H2,1H3. The molecule has 24 heavy (non-hydrogen) atoms. The molecule has 0 atom stereocenters. The number of hydrogen-bond donors (Lipinski definition) is 0. The van der Waals surface area contributed by atoms with Gasteiger partial charge in [0.05, 0.1) is 0 Å². The molecule has 1 aliphatic heterocycles. The molecule has 4 rings (SSSR count). The van der Waals surface area contributed by atoms with E-state index in [-0.39, 0.29) is 0 Å². The SMILES string of the molecule is Cc1ccc(CN2CCCN(c3ccc4nnnn4n3)CC2)cc1. The van der Waals surface area contributed by atoms with E-state index in [9.17, 15) is 0 Å². The lowest BCUT2D eigenvalue weighted by Crippen LogP contribution is -2.31. The zero-order chi connectivity index (χ0) is 16.4. The van der Waals surface area contributed by atoms with Gasteiger partial charge in [0.15, 0.2) is 11.5 Å². The molecule has 0 radical (unpaired) electrons. The summed E-state index contributed by atoms with van der Waals surface area (Å²) in [4.78, 5) is 4.83. The predicted molar refractivity (Wildman–Crippen MR) is 91.9 cm³/mol. The van der Waals surface area contributed by atoms with Crippen molar-refractivity contribution in [2.75, 3.05) is 31.1 Å². The number of fused-ring (bicyclic) bond motifs is 1. The molecule has 3 heterocycles. The Labute approximate surface area is 140 Å². The van der Waals surface area contributed by atoms with Crippen molar-refractivity contribution in [2.24, 2.45) is 0 Å². The molecule has 124 valence electrons. The molecule has 0 spiro atoms. The number of benzene rings is 1. The molecule has 1 aliphatic rings. The fourth-order valence-electron chi connectivity index (χ4n) is 3.12. The molecule has 7 heteroatoms. The van der Waals surface area contributed by atoms with E-state index in [1.807, 2.05) is 12.1 Å². The lowest BCUT2D eigenvalue weighted by atomic mass is 10.1. The number of hydrogen-bond acceptors (Lipinski definition) is 6. The highest BCUT2D eigenvalue weighted by molar-refractivity contribution is 5.44. The highest BCUT2D eigenvalue weighted by Crippen LogP contribution is 2.15. The summed E-state index contributed by atoms with van der Waals surface area (Å²) >= 11 is 0. The van der Waals surface area contributed by atoms with E-state index in [1.54, 1.807) is 0 Å². The fourth-order valence-corrected chi connectivity index (χ4v) is 3.12. The molecule has 0 unspecified atom stereocenters. The molecule has 3 aromatic rings. The average molecular weight is 323 g/mol. The molecule has 0 saturated carbocycles.